The molecule has 0 rings (SSSR count). The Morgan fingerprint density at radius 1 is 0.309 bits per heavy atom. The highest BCUT2D eigenvalue weighted by molar-refractivity contribution is 7.47. The first-order valence-electron chi connectivity index (χ1n) is 36.1. The molecule has 0 aliphatic heterocycles. The molecule has 5 unspecified atom stereocenters. The Hall–Kier alpha value is -4.28. The molecule has 0 heterocycles. The summed E-state index contributed by atoms with van der Waals surface area (Å²) in [7, 11) is -9.96. The van der Waals surface area contributed by atoms with Crippen LogP contribution in [0, 0.1) is 0 Å². The maximum Gasteiger partial charge on any atom is 0.472 e. The van der Waals surface area contributed by atoms with Crippen LogP contribution in [0.4, 0.5) is 0 Å². The molecule has 540 valence electrons. The molecule has 0 aliphatic carbocycles. The number of phosphoric ester groups is 2. The van der Waals surface area contributed by atoms with Gasteiger partial charge in [0, 0.05) is 25.7 Å². The fourth-order valence-corrected chi connectivity index (χ4v) is 10.8. The van der Waals surface area contributed by atoms with Gasteiger partial charge in [-0.25, -0.2) is 9.13 Å². The third kappa shape index (κ3) is 66.3. The van der Waals surface area contributed by atoms with E-state index in [1.165, 1.54) is 64.2 Å². The predicted molar refractivity (Wildman–Crippen MR) is 381 cm³/mol. The van der Waals surface area contributed by atoms with Gasteiger partial charge >= 0.3 is 39.5 Å². The van der Waals surface area contributed by atoms with Gasteiger partial charge < -0.3 is 33.8 Å². The maximum atomic E-state index is 13.0. The Balaban J connectivity index is 5.38. The van der Waals surface area contributed by atoms with E-state index in [0.717, 1.165) is 141 Å². The van der Waals surface area contributed by atoms with Crippen molar-refractivity contribution in [3.05, 3.63) is 109 Å². The zero-order valence-electron chi connectivity index (χ0n) is 58.6. The van der Waals surface area contributed by atoms with Gasteiger partial charge in [0.2, 0.25) is 0 Å². The van der Waals surface area contributed by atoms with Crippen molar-refractivity contribution in [2.45, 2.75) is 303 Å². The molecular weight excluding hydrogens is 1230 g/mol. The summed E-state index contributed by atoms with van der Waals surface area (Å²) >= 11 is 0. The molecule has 17 nitrogen and oxygen atoms in total. The van der Waals surface area contributed by atoms with Crippen molar-refractivity contribution in [2.75, 3.05) is 39.6 Å². The van der Waals surface area contributed by atoms with Gasteiger partial charge in [0.05, 0.1) is 26.4 Å². The van der Waals surface area contributed by atoms with Crippen LogP contribution < -0.4 is 0 Å². The highest BCUT2D eigenvalue weighted by Gasteiger charge is 2.30. The Morgan fingerprint density at radius 3 is 0.915 bits per heavy atom. The number of esters is 4. The summed E-state index contributed by atoms with van der Waals surface area (Å²) in [4.78, 5) is 72.6. The summed E-state index contributed by atoms with van der Waals surface area (Å²) in [5.41, 5.74) is 0. The monoisotopic (exact) mass is 1360 g/mol. The van der Waals surface area contributed by atoms with E-state index in [-0.39, 0.29) is 25.7 Å². The van der Waals surface area contributed by atoms with Crippen LogP contribution in [0.3, 0.4) is 0 Å². The summed E-state index contributed by atoms with van der Waals surface area (Å²) in [6.45, 7) is 4.49. The lowest BCUT2D eigenvalue weighted by atomic mass is 10.0. The van der Waals surface area contributed by atoms with Crippen LogP contribution in [0.15, 0.2) is 109 Å². The van der Waals surface area contributed by atoms with Gasteiger partial charge in [0.15, 0.2) is 12.2 Å². The smallest absolute Gasteiger partial charge is 0.462 e. The van der Waals surface area contributed by atoms with E-state index in [1.54, 1.807) is 0 Å². The standard InChI is InChI=1S/C75H128O17P2/c1-5-9-13-17-21-25-29-32-34-37-40-43-47-51-55-59-72(77)85-65-70(91-74(79)61-57-53-49-45-39-28-24-20-16-12-8-4)67-89-93(81,82)87-63-69(76)64-88-94(83,84)90-68-71(92-75(80)62-58-54-50-46-42-36-31-27-23-19-15-11-7-3)66-86-73(78)60-56-52-48-44-41-38-35-33-30-26-22-18-14-10-6-2/h9-10,13-14,20-22,24-26,32-35,40-41,43-44,69-71,76H,5-8,11-12,15-19,23,27-31,36-39,42,45-68H2,1-4H3,(H,81,82)(H,83,84)/b13-9-,14-10-,24-20-,25-21-,26-22-,34-32-,35-33-,43-40-,44-41-. The second kappa shape index (κ2) is 67.3. The van der Waals surface area contributed by atoms with Gasteiger partial charge in [0.1, 0.15) is 19.3 Å². The summed E-state index contributed by atoms with van der Waals surface area (Å²) < 4.78 is 68.2. The quantitative estimate of drug-likeness (QED) is 0.0169. The van der Waals surface area contributed by atoms with E-state index < -0.39 is 97.5 Å². The molecule has 0 amide bonds. The Morgan fingerprint density at radius 2 is 0.564 bits per heavy atom. The minimum atomic E-state index is -4.98. The third-order valence-electron chi connectivity index (χ3n) is 14.7. The first-order valence-corrected chi connectivity index (χ1v) is 39.1. The topological polar surface area (TPSA) is 237 Å². The van der Waals surface area contributed by atoms with Gasteiger partial charge in [-0.2, -0.15) is 0 Å². The summed E-state index contributed by atoms with van der Waals surface area (Å²) in [5.74, 6) is -2.28. The van der Waals surface area contributed by atoms with Gasteiger partial charge in [-0.1, -0.05) is 246 Å². The fourth-order valence-electron chi connectivity index (χ4n) is 9.24. The van der Waals surface area contributed by atoms with E-state index in [0.29, 0.717) is 25.7 Å². The van der Waals surface area contributed by atoms with Crippen LogP contribution in [0.5, 0.6) is 0 Å². The van der Waals surface area contributed by atoms with Gasteiger partial charge in [-0.3, -0.25) is 37.3 Å². The number of carbonyl (C=O) groups is 4. The third-order valence-corrected chi connectivity index (χ3v) is 16.6. The summed E-state index contributed by atoms with van der Waals surface area (Å²) in [6.07, 6.45) is 69.7. The minimum absolute atomic E-state index is 0.0734. The SMILES string of the molecule is CC/C=C\C/C=C\C/C=C\C/C=C\CCCCC(=O)OCC(COP(=O)(O)OCC(O)COP(=O)(O)OCC(COC(=O)CCCC/C=C\C/C=C\C/C=C\C/C=C\CC)OC(=O)CCCCCCCCCCCCCCC)OC(=O)CCCCCCC/C=C\CCCC. The lowest BCUT2D eigenvalue weighted by Gasteiger charge is -2.21. The van der Waals surface area contributed by atoms with Crippen LogP contribution in [-0.4, -0.2) is 96.7 Å². The van der Waals surface area contributed by atoms with Crippen molar-refractivity contribution in [3.63, 3.8) is 0 Å². The minimum Gasteiger partial charge on any atom is -0.462 e. The second-order valence-corrected chi connectivity index (χ2v) is 26.7. The summed E-state index contributed by atoms with van der Waals surface area (Å²) in [6, 6.07) is 0. The zero-order chi connectivity index (χ0) is 69.0. The number of carbonyl (C=O) groups excluding carboxylic acids is 4. The lowest BCUT2D eigenvalue weighted by molar-refractivity contribution is -0.161. The van der Waals surface area contributed by atoms with Crippen molar-refractivity contribution < 1.29 is 80.2 Å². The number of rotatable bonds is 67. The number of unbranched alkanes of at least 4 members (excludes halogenated alkanes) is 23. The van der Waals surface area contributed by atoms with Crippen LogP contribution in [0.1, 0.15) is 285 Å². The molecule has 3 N–H and O–H groups in total. The number of phosphoric acid groups is 2. The maximum absolute atomic E-state index is 13.0. The van der Waals surface area contributed by atoms with Crippen molar-refractivity contribution in [1.82, 2.24) is 0 Å². The van der Waals surface area contributed by atoms with Crippen LogP contribution in [0.25, 0.3) is 0 Å². The predicted octanol–water partition coefficient (Wildman–Crippen LogP) is 20.2. The molecule has 0 spiro atoms. The molecule has 0 aliphatic rings. The Bertz CT molecular complexity index is 2220. The Kier molecular flexibility index (Phi) is 64.2. The second-order valence-electron chi connectivity index (χ2n) is 23.8. The first-order chi connectivity index (χ1) is 45.7. The van der Waals surface area contributed by atoms with Crippen molar-refractivity contribution in [3.8, 4) is 0 Å². The van der Waals surface area contributed by atoms with Gasteiger partial charge in [0.25, 0.3) is 0 Å². The molecule has 0 aromatic rings. The van der Waals surface area contributed by atoms with E-state index in [2.05, 4.69) is 137 Å². The molecule has 0 aromatic heterocycles. The number of hydrogen-bond acceptors (Lipinski definition) is 15. The molecule has 0 radical (unpaired) electrons. The number of allylic oxidation sites excluding steroid dienone is 18. The number of aliphatic hydroxyl groups is 1. The van der Waals surface area contributed by atoms with Crippen molar-refractivity contribution in [1.29, 1.82) is 0 Å². The van der Waals surface area contributed by atoms with E-state index >= 15 is 0 Å². The zero-order valence-corrected chi connectivity index (χ0v) is 60.4. The lowest BCUT2D eigenvalue weighted by Crippen LogP contribution is -2.30. The molecule has 0 saturated heterocycles. The Labute approximate surface area is 569 Å². The van der Waals surface area contributed by atoms with E-state index in [1.807, 2.05) is 0 Å². The summed E-state index contributed by atoms with van der Waals surface area (Å²) in [5, 5.41) is 10.6. The largest absolute Gasteiger partial charge is 0.472 e. The normalized spacial score (nSPS) is 14.7. The fraction of sp³-hybridized carbons (Fsp3) is 0.707. The number of ether oxygens (including phenoxy) is 4. The molecule has 0 fully saturated rings. The van der Waals surface area contributed by atoms with Crippen LogP contribution in [-0.2, 0) is 65.4 Å². The average molecular weight is 1360 g/mol. The molecular formula is C75H128O17P2. The molecule has 94 heavy (non-hydrogen) atoms. The van der Waals surface area contributed by atoms with Gasteiger partial charge in [-0.05, 0) is 122 Å². The molecule has 0 saturated carbocycles. The first kappa shape index (κ1) is 89.7. The number of aliphatic hydroxyl groups excluding tert-OH is 1. The van der Waals surface area contributed by atoms with Gasteiger partial charge in [-0.15, -0.1) is 0 Å². The van der Waals surface area contributed by atoms with Crippen molar-refractivity contribution in [2.24, 2.45) is 0 Å². The van der Waals surface area contributed by atoms with E-state index in [9.17, 15) is 43.2 Å². The highest BCUT2D eigenvalue weighted by atomic mass is 31.2. The van der Waals surface area contributed by atoms with Crippen LogP contribution >= 0.6 is 15.6 Å². The molecule has 0 aromatic carbocycles. The van der Waals surface area contributed by atoms with Crippen LogP contribution in [0.2, 0.25) is 0 Å². The molecule has 19 heteroatoms. The molecule has 0 bridgehead atoms. The van der Waals surface area contributed by atoms with Crippen molar-refractivity contribution >= 4 is 39.5 Å². The molecule has 5 atom stereocenters. The average Bonchev–Trinajstić information content (AvgIpc) is 1.35. The highest BCUT2D eigenvalue weighted by Crippen LogP contribution is 2.45. The number of hydrogen-bond donors (Lipinski definition) is 3. The van der Waals surface area contributed by atoms with E-state index in [4.69, 9.17) is 37.0 Å².